The third-order valence-electron chi connectivity index (χ3n) is 5.69. The number of nitrogens with zero attached hydrogens (tertiary/aromatic N) is 2. The Kier molecular flexibility index (Phi) is 5.42. The Labute approximate surface area is 164 Å². The second-order valence-electron chi connectivity index (χ2n) is 7.42. The topological polar surface area (TPSA) is 45.2 Å². The van der Waals surface area contributed by atoms with E-state index in [1.165, 1.54) is 12.1 Å². The number of hydrogen-bond acceptors (Lipinski definition) is 3. The Morgan fingerprint density at radius 1 is 1.12 bits per heavy atom. The van der Waals surface area contributed by atoms with E-state index in [1.54, 1.807) is 6.07 Å². The molecule has 2 saturated heterocycles. The number of fused-ring (bicyclic) bond motifs is 2. The standard InChI is InChI=1S/C19H20FN3O.2ClH/c20-14-3-4-17-15(5-14)16(6-18(22-17)11-1-2-11)19(24)23-9-12-7-21-8-13(12)10-23;;/h3-6,11-13,21H,1-2,7-10H2;2*1H/t12-,13+;;. The summed E-state index contributed by atoms with van der Waals surface area (Å²) in [5, 5.41) is 4.03. The van der Waals surface area contributed by atoms with Gasteiger partial charge in [-0.25, -0.2) is 4.39 Å². The second-order valence-corrected chi connectivity index (χ2v) is 7.42. The molecule has 0 spiro atoms. The molecule has 2 aliphatic heterocycles. The molecular formula is C19H22Cl2FN3O. The molecule has 5 rings (SSSR count). The number of likely N-dealkylation sites (tertiary alicyclic amines) is 1. The van der Waals surface area contributed by atoms with Crippen molar-refractivity contribution < 1.29 is 9.18 Å². The van der Waals surface area contributed by atoms with E-state index < -0.39 is 0 Å². The molecule has 0 unspecified atom stereocenters. The maximum atomic E-state index is 13.8. The van der Waals surface area contributed by atoms with Crippen molar-refractivity contribution >= 4 is 41.6 Å². The zero-order chi connectivity index (χ0) is 16.3. The Hall–Kier alpha value is -1.43. The van der Waals surface area contributed by atoms with Crippen LogP contribution in [-0.4, -0.2) is 42.0 Å². The van der Waals surface area contributed by atoms with E-state index in [0.29, 0.717) is 28.7 Å². The normalized spacial score (nSPS) is 24.1. The van der Waals surface area contributed by atoms with Gasteiger partial charge in [0.1, 0.15) is 5.82 Å². The summed E-state index contributed by atoms with van der Waals surface area (Å²) >= 11 is 0. The van der Waals surface area contributed by atoms with Gasteiger partial charge in [0.15, 0.2) is 0 Å². The van der Waals surface area contributed by atoms with Gasteiger partial charge in [0, 0.05) is 43.2 Å². The maximum Gasteiger partial charge on any atom is 0.254 e. The lowest BCUT2D eigenvalue weighted by Gasteiger charge is -2.19. The molecule has 3 heterocycles. The van der Waals surface area contributed by atoms with Crippen molar-refractivity contribution in [2.45, 2.75) is 18.8 Å². The van der Waals surface area contributed by atoms with E-state index in [0.717, 1.165) is 50.2 Å². The van der Waals surface area contributed by atoms with Crippen LogP contribution in [-0.2, 0) is 0 Å². The smallest absolute Gasteiger partial charge is 0.254 e. The van der Waals surface area contributed by atoms with Gasteiger partial charge in [-0.1, -0.05) is 0 Å². The fourth-order valence-corrected chi connectivity index (χ4v) is 4.18. The van der Waals surface area contributed by atoms with E-state index in [4.69, 9.17) is 0 Å². The fourth-order valence-electron chi connectivity index (χ4n) is 4.18. The molecule has 26 heavy (non-hydrogen) atoms. The Balaban J connectivity index is 0.000000980. The van der Waals surface area contributed by atoms with Crippen LogP contribution in [0.4, 0.5) is 4.39 Å². The lowest BCUT2D eigenvalue weighted by Crippen LogP contribution is -2.32. The van der Waals surface area contributed by atoms with Crippen LogP contribution in [0.3, 0.4) is 0 Å². The molecule has 0 radical (unpaired) electrons. The van der Waals surface area contributed by atoms with Crippen LogP contribution in [0.25, 0.3) is 10.9 Å². The summed E-state index contributed by atoms with van der Waals surface area (Å²) in [6.45, 7) is 3.59. The number of carbonyl (C=O) groups excluding carboxylic acids is 1. The number of benzene rings is 1. The number of aromatic nitrogens is 1. The molecular weight excluding hydrogens is 376 g/mol. The van der Waals surface area contributed by atoms with Gasteiger partial charge < -0.3 is 10.2 Å². The van der Waals surface area contributed by atoms with Crippen LogP contribution >= 0.6 is 24.8 Å². The number of hydrogen-bond donors (Lipinski definition) is 1. The highest BCUT2D eigenvalue weighted by atomic mass is 35.5. The highest BCUT2D eigenvalue weighted by Crippen LogP contribution is 2.40. The van der Waals surface area contributed by atoms with Gasteiger partial charge in [0.2, 0.25) is 0 Å². The summed E-state index contributed by atoms with van der Waals surface area (Å²) in [5.41, 5.74) is 2.33. The maximum absolute atomic E-state index is 13.8. The molecule has 1 aliphatic carbocycles. The predicted octanol–water partition coefficient (Wildman–Crippen LogP) is 3.39. The predicted molar refractivity (Wildman–Crippen MR) is 104 cm³/mol. The van der Waals surface area contributed by atoms with E-state index in [1.807, 2.05) is 11.0 Å². The van der Waals surface area contributed by atoms with Crippen LogP contribution in [0, 0.1) is 17.7 Å². The second kappa shape index (κ2) is 7.29. The number of pyridine rings is 1. The van der Waals surface area contributed by atoms with Crippen LogP contribution in [0.1, 0.15) is 34.8 Å². The molecule has 2 atom stereocenters. The van der Waals surface area contributed by atoms with Crippen molar-refractivity contribution in [1.29, 1.82) is 0 Å². The van der Waals surface area contributed by atoms with Crippen molar-refractivity contribution in [3.05, 3.63) is 41.3 Å². The molecule has 3 aliphatic rings. The highest BCUT2D eigenvalue weighted by Gasteiger charge is 2.39. The molecule has 0 bridgehead atoms. The van der Waals surface area contributed by atoms with Crippen LogP contribution in [0.2, 0.25) is 0 Å². The molecule has 1 N–H and O–H groups in total. The molecule has 7 heteroatoms. The Morgan fingerprint density at radius 2 is 1.81 bits per heavy atom. The molecule has 1 amide bonds. The van der Waals surface area contributed by atoms with Crippen molar-refractivity contribution in [3.8, 4) is 0 Å². The summed E-state index contributed by atoms with van der Waals surface area (Å²) < 4.78 is 13.8. The largest absolute Gasteiger partial charge is 0.338 e. The van der Waals surface area contributed by atoms with Crippen molar-refractivity contribution in [2.24, 2.45) is 11.8 Å². The first-order valence-electron chi connectivity index (χ1n) is 8.79. The average Bonchev–Trinajstić information content (AvgIpc) is 3.21. The molecule has 1 aromatic heterocycles. The van der Waals surface area contributed by atoms with Gasteiger partial charge in [-0.15, -0.1) is 24.8 Å². The third kappa shape index (κ3) is 3.28. The number of rotatable bonds is 2. The first-order chi connectivity index (χ1) is 11.7. The fraction of sp³-hybridized carbons (Fsp3) is 0.474. The summed E-state index contributed by atoms with van der Waals surface area (Å²) in [4.78, 5) is 19.8. The first-order valence-corrected chi connectivity index (χ1v) is 8.79. The molecule has 1 aromatic carbocycles. The molecule has 140 valence electrons. The Bertz CT molecular complexity index is 831. The summed E-state index contributed by atoms with van der Waals surface area (Å²) in [5.74, 6) is 1.29. The quantitative estimate of drug-likeness (QED) is 0.844. The van der Waals surface area contributed by atoms with Gasteiger partial charge in [-0.3, -0.25) is 9.78 Å². The number of carbonyl (C=O) groups is 1. The molecule has 3 fully saturated rings. The van der Waals surface area contributed by atoms with Gasteiger partial charge >= 0.3 is 0 Å². The minimum absolute atomic E-state index is 0. The Morgan fingerprint density at radius 3 is 2.46 bits per heavy atom. The highest BCUT2D eigenvalue weighted by molar-refractivity contribution is 6.06. The lowest BCUT2D eigenvalue weighted by atomic mass is 10.0. The van der Waals surface area contributed by atoms with Crippen LogP contribution in [0.5, 0.6) is 0 Å². The number of halogens is 3. The SMILES string of the molecule is Cl.Cl.O=C(c1cc(C2CC2)nc2ccc(F)cc12)N1C[C@H]2CNC[C@H]2C1. The van der Waals surface area contributed by atoms with E-state index in [2.05, 4.69) is 10.3 Å². The van der Waals surface area contributed by atoms with Crippen molar-refractivity contribution in [1.82, 2.24) is 15.2 Å². The first kappa shape index (κ1) is 19.3. The summed E-state index contributed by atoms with van der Waals surface area (Å²) in [6.07, 6.45) is 2.26. The third-order valence-corrected chi connectivity index (χ3v) is 5.69. The monoisotopic (exact) mass is 397 g/mol. The zero-order valence-electron chi connectivity index (χ0n) is 14.3. The van der Waals surface area contributed by atoms with Crippen molar-refractivity contribution in [3.63, 3.8) is 0 Å². The average molecular weight is 398 g/mol. The summed E-state index contributed by atoms with van der Waals surface area (Å²) in [6, 6.07) is 6.47. The number of amides is 1. The van der Waals surface area contributed by atoms with E-state index >= 15 is 0 Å². The van der Waals surface area contributed by atoms with E-state index in [9.17, 15) is 9.18 Å². The lowest BCUT2D eigenvalue weighted by molar-refractivity contribution is 0.0783. The van der Waals surface area contributed by atoms with Gasteiger partial charge in [0.05, 0.1) is 11.1 Å². The van der Waals surface area contributed by atoms with Crippen LogP contribution < -0.4 is 5.32 Å². The minimum Gasteiger partial charge on any atom is -0.338 e. The van der Waals surface area contributed by atoms with Crippen LogP contribution in [0.15, 0.2) is 24.3 Å². The van der Waals surface area contributed by atoms with Gasteiger partial charge in [-0.2, -0.15) is 0 Å². The molecule has 1 saturated carbocycles. The summed E-state index contributed by atoms with van der Waals surface area (Å²) in [7, 11) is 0. The van der Waals surface area contributed by atoms with Gasteiger partial charge in [0.25, 0.3) is 5.91 Å². The zero-order valence-corrected chi connectivity index (χ0v) is 15.9. The van der Waals surface area contributed by atoms with Crippen molar-refractivity contribution in [2.75, 3.05) is 26.2 Å². The molecule has 4 nitrogen and oxygen atoms in total. The molecule has 2 aromatic rings. The number of nitrogens with one attached hydrogen (secondary N) is 1. The minimum atomic E-state index is -0.319. The van der Waals surface area contributed by atoms with Gasteiger partial charge in [-0.05, 0) is 48.9 Å². The van der Waals surface area contributed by atoms with E-state index in [-0.39, 0.29) is 36.5 Å².